The number of alkyl halides is 3. The Morgan fingerprint density at radius 2 is 1.78 bits per heavy atom. The Morgan fingerprint density at radius 1 is 1.00 bits per heavy atom. The van der Waals surface area contributed by atoms with E-state index in [1.54, 1.807) is 6.07 Å². The van der Waals surface area contributed by atoms with Gasteiger partial charge in [0.25, 0.3) is 0 Å². The SMILES string of the molecule is C[C@@]12CCC[C@H]1[C@@H]1CC[C@H]3CCC(C(=O)Nc4cccc(C(F)(F)F)c4)C[C@]3(C)[C@H]1CC2. The van der Waals surface area contributed by atoms with Crippen molar-refractivity contribution < 1.29 is 18.0 Å². The first-order chi connectivity index (χ1) is 15.1. The minimum absolute atomic E-state index is 0.104. The van der Waals surface area contributed by atoms with Crippen LogP contribution >= 0.6 is 0 Å². The second-order valence-corrected chi connectivity index (χ2v) is 11.8. The van der Waals surface area contributed by atoms with Gasteiger partial charge < -0.3 is 5.32 Å². The Kier molecular flexibility index (Phi) is 5.41. The van der Waals surface area contributed by atoms with Crippen LogP contribution in [0.25, 0.3) is 0 Å². The van der Waals surface area contributed by atoms with Gasteiger partial charge in [0.2, 0.25) is 5.91 Å². The lowest BCUT2D eigenvalue weighted by molar-refractivity contribution is -0.137. The lowest BCUT2D eigenvalue weighted by Gasteiger charge is -2.60. The summed E-state index contributed by atoms with van der Waals surface area (Å²) in [5.74, 6) is 2.81. The molecule has 0 aliphatic heterocycles. The van der Waals surface area contributed by atoms with Crippen LogP contribution in [0, 0.1) is 40.4 Å². The van der Waals surface area contributed by atoms with Gasteiger partial charge in [-0.25, -0.2) is 0 Å². The number of fused-ring (bicyclic) bond motifs is 5. The molecule has 32 heavy (non-hydrogen) atoms. The Hall–Kier alpha value is -1.52. The molecule has 5 rings (SSSR count). The molecular formula is C27H36F3NO. The third kappa shape index (κ3) is 3.68. The third-order valence-electron chi connectivity index (χ3n) is 10.2. The average molecular weight is 448 g/mol. The van der Waals surface area contributed by atoms with Gasteiger partial charge in [0, 0.05) is 11.6 Å². The van der Waals surface area contributed by atoms with E-state index in [0.29, 0.717) is 17.3 Å². The highest BCUT2D eigenvalue weighted by atomic mass is 19.4. The molecule has 0 spiro atoms. The molecule has 1 N–H and O–H groups in total. The minimum atomic E-state index is -4.40. The number of rotatable bonds is 2. The minimum Gasteiger partial charge on any atom is -0.326 e. The van der Waals surface area contributed by atoms with Crippen LogP contribution in [0.15, 0.2) is 24.3 Å². The van der Waals surface area contributed by atoms with Gasteiger partial charge in [-0.3, -0.25) is 4.79 Å². The molecule has 1 amide bonds. The Balaban J connectivity index is 1.32. The molecule has 2 nitrogen and oxygen atoms in total. The molecule has 7 atom stereocenters. The second-order valence-electron chi connectivity index (χ2n) is 11.8. The molecule has 4 aliphatic rings. The van der Waals surface area contributed by atoms with E-state index in [-0.39, 0.29) is 22.9 Å². The summed E-state index contributed by atoms with van der Waals surface area (Å²) >= 11 is 0. The molecule has 0 bridgehead atoms. The lowest BCUT2D eigenvalue weighted by Crippen LogP contribution is -2.53. The van der Waals surface area contributed by atoms with Crippen molar-refractivity contribution in [2.24, 2.45) is 40.4 Å². The van der Waals surface area contributed by atoms with E-state index >= 15 is 0 Å². The fraction of sp³-hybridized carbons (Fsp3) is 0.741. The molecule has 0 heterocycles. The number of halogens is 3. The monoisotopic (exact) mass is 447 g/mol. The summed E-state index contributed by atoms with van der Waals surface area (Å²) in [7, 11) is 0. The molecular weight excluding hydrogens is 411 g/mol. The number of anilines is 1. The van der Waals surface area contributed by atoms with E-state index in [1.807, 2.05) is 0 Å². The average Bonchev–Trinajstić information content (AvgIpc) is 3.14. The van der Waals surface area contributed by atoms with Crippen LogP contribution in [0.4, 0.5) is 18.9 Å². The largest absolute Gasteiger partial charge is 0.416 e. The number of carbonyl (C=O) groups excluding carboxylic acids is 1. The molecule has 4 fully saturated rings. The van der Waals surface area contributed by atoms with Crippen LogP contribution in [0.5, 0.6) is 0 Å². The number of hydrogen-bond acceptors (Lipinski definition) is 1. The molecule has 0 saturated heterocycles. The number of amides is 1. The molecule has 4 aliphatic carbocycles. The lowest BCUT2D eigenvalue weighted by atomic mass is 9.44. The second kappa shape index (κ2) is 7.77. The summed E-state index contributed by atoms with van der Waals surface area (Å²) < 4.78 is 39.2. The summed E-state index contributed by atoms with van der Waals surface area (Å²) in [6, 6.07) is 5.01. The van der Waals surface area contributed by atoms with Crippen molar-refractivity contribution in [1.82, 2.24) is 0 Å². The summed E-state index contributed by atoms with van der Waals surface area (Å²) in [4.78, 5) is 13.1. The number of nitrogens with one attached hydrogen (secondary N) is 1. The van der Waals surface area contributed by atoms with Crippen molar-refractivity contribution in [3.63, 3.8) is 0 Å². The topological polar surface area (TPSA) is 29.1 Å². The highest BCUT2D eigenvalue weighted by molar-refractivity contribution is 5.92. The van der Waals surface area contributed by atoms with E-state index in [9.17, 15) is 18.0 Å². The zero-order valence-electron chi connectivity index (χ0n) is 19.3. The van der Waals surface area contributed by atoms with Crippen molar-refractivity contribution in [3.8, 4) is 0 Å². The van der Waals surface area contributed by atoms with Crippen molar-refractivity contribution in [3.05, 3.63) is 29.8 Å². The standard InChI is InChI=1S/C27H36F3NO/c1-25-13-4-7-22(25)21-11-10-18-9-8-17(16-26(18,2)23(21)12-14-25)24(32)31-20-6-3-5-19(15-20)27(28,29)30/h3,5-6,15,17-18,21-23H,4,7-14,16H2,1-2H3,(H,31,32)/t17?,18-,21+,22+,23+,25+,26+/m1/s1. The fourth-order valence-electron chi connectivity index (χ4n) is 8.60. The van der Waals surface area contributed by atoms with Crippen molar-refractivity contribution in [2.75, 3.05) is 5.32 Å². The van der Waals surface area contributed by atoms with Gasteiger partial charge in [-0.15, -0.1) is 0 Å². The summed E-state index contributed by atoms with van der Waals surface area (Å²) in [5, 5.41) is 2.81. The summed E-state index contributed by atoms with van der Waals surface area (Å²) in [5.41, 5.74) is 0.237. The molecule has 1 aromatic rings. The van der Waals surface area contributed by atoms with Gasteiger partial charge >= 0.3 is 6.18 Å². The van der Waals surface area contributed by atoms with E-state index in [4.69, 9.17) is 0 Å². The van der Waals surface area contributed by atoms with Gasteiger partial charge in [0.05, 0.1) is 5.56 Å². The van der Waals surface area contributed by atoms with Crippen molar-refractivity contribution in [1.29, 1.82) is 0 Å². The Morgan fingerprint density at radius 3 is 2.56 bits per heavy atom. The molecule has 176 valence electrons. The number of benzene rings is 1. The zero-order chi connectivity index (χ0) is 22.7. The predicted octanol–water partition coefficient (Wildman–Crippen LogP) is 7.69. The quantitative estimate of drug-likeness (QED) is 0.495. The van der Waals surface area contributed by atoms with Crippen LogP contribution in [-0.4, -0.2) is 5.91 Å². The molecule has 1 aromatic carbocycles. The smallest absolute Gasteiger partial charge is 0.326 e. The van der Waals surface area contributed by atoms with E-state index < -0.39 is 11.7 Å². The summed E-state index contributed by atoms with van der Waals surface area (Å²) in [6.07, 6.45) is 7.76. The molecule has 0 aromatic heterocycles. The maximum absolute atomic E-state index is 13.1. The van der Waals surface area contributed by atoms with Gasteiger partial charge in [-0.05, 0) is 110 Å². The van der Waals surface area contributed by atoms with Crippen LogP contribution in [0.3, 0.4) is 0 Å². The molecule has 0 radical (unpaired) electrons. The maximum atomic E-state index is 13.1. The third-order valence-corrected chi connectivity index (χ3v) is 10.2. The first-order valence-electron chi connectivity index (χ1n) is 12.6. The van der Waals surface area contributed by atoms with E-state index in [0.717, 1.165) is 43.2 Å². The maximum Gasteiger partial charge on any atom is 0.416 e. The van der Waals surface area contributed by atoms with Crippen molar-refractivity contribution >= 4 is 11.6 Å². The normalized spacial score (nSPS) is 41.3. The highest BCUT2D eigenvalue weighted by Gasteiger charge is 2.58. The highest BCUT2D eigenvalue weighted by Crippen LogP contribution is 2.66. The van der Waals surface area contributed by atoms with Crippen molar-refractivity contribution in [2.45, 2.75) is 84.2 Å². The molecule has 1 unspecified atom stereocenters. The Labute approximate surface area is 189 Å². The predicted molar refractivity (Wildman–Crippen MR) is 120 cm³/mol. The Bertz CT molecular complexity index is 882. The zero-order valence-corrected chi connectivity index (χ0v) is 19.3. The van der Waals surface area contributed by atoms with Gasteiger partial charge in [-0.1, -0.05) is 26.3 Å². The van der Waals surface area contributed by atoms with E-state index in [2.05, 4.69) is 19.2 Å². The molecule has 4 saturated carbocycles. The fourth-order valence-corrected chi connectivity index (χ4v) is 8.60. The number of carbonyl (C=O) groups is 1. The van der Waals surface area contributed by atoms with Gasteiger partial charge in [0.1, 0.15) is 0 Å². The van der Waals surface area contributed by atoms with Gasteiger partial charge in [-0.2, -0.15) is 13.2 Å². The summed E-state index contributed by atoms with van der Waals surface area (Å²) in [6.45, 7) is 4.96. The van der Waals surface area contributed by atoms with E-state index in [1.165, 1.54) is 51.0 Å². The van der Waals surface area contributed by atoms with Crippen LogP contribution in [-0.2, 0) is 11.0 Å². The van der Waals surface area contributed by atoms with Crippen LogP contribution in [0.2, 0.25) is 0 Å². The van der Waals surface area contributed by atoms with Gasteiger partial charge in [0.15, 0.2) is 0 Å². The van der Waals surface area contributed by atoms with Crippen LogP contribution < -0.4 is 5.32 Å². The molecule has 5 heteroatoms. The first kappa shape index (κ1) is 22.3. The van der Waals surface area contributed by atoms with Crippen LogP contribution in [0.1, 0.15) is 83.6 Å². The first-order valence-corrected chi connectivity index (χ1v) is 12.6. The number of hydrogen-bond donors (Lipinski definition) is 1.